The van der Waals surface area contributed by atoms with Gasteiger partial charge in [0.2, 0.25) is 0 Å². The van der Waals surface area contributed by atoms with Crippen molar-refractivity contribution in [3.63, 3.8) is 0 Å². The van der Waals surface area contributed by atoms with Gasteiger partial charge < -0.3 is 9.47 Å². The molecule has 1 heterocycles. The second-order valence-electron chi connectivity index (χ2n) is 5.23. The molecular formula is C20H16O4S. The van der Waals surface area contributed by atoms with Gasteiger partial charge in [-0.25, -0.2) is 9.59 Å². The minimum atomic E-state index is -0.476. The van der Waals surface area contributed by atoms with Crippen LogP contribution >= 0.6 is 11.3 Å². The van der Waals surface area contributed by atoms with Crippen LogP contribution in [0.5, 0.6) is 0 Å². The smallest absolute Gasteiger partial charge is 0.348 e. The van der Waals surface area contributed by atoms with E-state index in [2.05, 4.69) is 0 Å². The van der Waals surface area contributed by atoms with Crippen LogP contribution in [0.15, 0.2) is 60.7 Å². The van der Waals surface area contributed by atoms with E-state index >= 15 is 0 Å². The molecule has 0 radical (unpaired) electrons. The van der Waals surface area contributed by atoms with Crippen LogP contribution in [0.4, 0.5) is 0 Å². The van der Waals surface area contributed by atoms with Crippen molar-refractivity contribution in [2.75, 3.05) is 14.2 Å². The summed E-state index contributed by atoms with van der Waals surface area (Å²) in [7, 11) is 2.66. The van der Waals surface area contributed by atoms with Gasteiger partial charge in [-0.2, -0.15) is 0 Å². The maximum Gasteiger partial charge on any atom is 0.348 e. The molecule has 5 heteroatoms. The average Bonchev–Trinajstić information content (AvgIpc) is 3.08. The molecule has 0 aliphatic rings. The molecule has 0 bridgehead atoms. The van der Waals surface area contributed by atoms with E-state index in [-0.39, 0.29) is 0 Å². The minimum Gasteiger partial charge on any atom is -0.465 e. The molecule has 1 aromatic heterocycles. The predicted octanol–water partition coefficient (Wildman–Crippen LogP) is 4.66. The summed E-state index contributed by atoms with van der Waals surface area (Å²) in [5.41, 5.74) is 3.05. The lowest BCUT2D eigenvalue weighted by molar-refractivity contribution is 0.0600. The predicted molar refractivity (Wildman–Crippen MR) is 97.9 cm³/mol. The normalized spacial score (nSPS) is 10.3. The van der Waals surface area contributed by atoms with Crippen LogP contribution in [0.1, 0.15) is 19.3 Å². The fourth-order valence-corrected chi connectivity index (χ4v) is 3.85. The molecule has 25 heavy (non-hydrogen) atoms. The number of hydrogen-bond acceptors (Lipinski definition) is 5. The first-order valence-corrected chi connectivity index (χ1v) is 8.43. The van der Waals surface area contributed by atoms with Crippen molar-refractivity contribution in [1.29, 1.82) is 0 Å². The summed E-state index contributed by atoms with van der Waals surface area (Å²) in [6, 6.07) is 19.0. The van der Waals surface area contributed by atoms with Crippen LogP contribution in [0.3, 0.4) is 0 Å². The number of carbonyl (C=O) groups is 2. The Balaban J connectivity index is 2.38. The Morgan fingerprint density at radius 3 is 1.36 bits per heavy atom. The van der Waals surface area contributed by atoms with Crippen molar-refractivity contribution in [2.45, 2.75) is 0 Å². The highest BCUT2D eigenvalue weighted by atomic mass is 32.1. The Morgan fingerprint density at radius 2 is 1.04 bits per heavy atom. The highest BCUT2D eigenvalue weighted by Gasteiger charge is 2.28. The summed E-state index contributed by atoms with van der Waals surface area (Å²) in [4.78, 5) is 25.5. The van der Waals surface area contributed by atoms with Gasteiger partial charge in [0.15, 0.2) is 0 Å². The first-order chi connectivity index (χ1) is 12.2. The molecule has 3 aromatic rings. The van der Waals surface area contributed by atoms with E-state index < -0.39 is 11.9 Å². The quantitative estimate of drug-likeness (QED) is 0.641. The summed E-state index contributed by atoms with van der Waals surface area (Å²) in [6.07, 6.45) is 0. The average molecular weight is 352 g/mol. The maximum atomic E-state index is 12.4. The number of methoxy groups -OCH3 is 2. The largest absolute Gasteiger partial charge is 0.465 e. The van der Waals surface area contributed by atoms with Gasteiger partial charge in [0.05, 0.1) is 14.2 Å². The van der Waals surface area contributed by atoms with Crippen LogP contribution in [0.2, 0.25) is 0 Å². The molecule has 0 aliphatic heterocycles. The van der Waals surface area contributed by atoms with E-state index in [4.69, 9.17) is 9.47 Å². The molecule has 0 amide bonds. The van der Waals surface area contributed by atoms with Crippen molar-refractivity contribution in [3.8, 4) is 22.3 Å². The second kappa shape index (κ2) is 7.32. The summed E-state index contributed by atoms with van der Waals surface area (Å²) in [6.45, 7) is 0. The van der Waals surface area contributed by atoms with E-state index in [1.807, 2.05) is 60.7 Å². The van der Waals surface area contributed by atoms with Gasteiger partial charge >= 0.3 is 11.9 Å². The van der Waals surface area contributed by atoms with E-state index in [9.17, 15) is 9.59 Å². The van der Waals surface area contributed by atoms with E-state index in [1.165, 1.54) is 14.2 Å². The zero-order valence-corrected chi connectivity index (χ0v) is 14.6. The summed E-state index contributed by atoms with van der Waals surface area (Å²) < 4.78 is 9.87. The van der Waals surface area contributed by atoms with Crippen LogP contribution < -0.4 is 0 Å². The third kappa shape index (κ3) is 3.19. The summed E-state index contributed by atoms with van der Waals surface area (Å²) in [5, 5.41) is 0. The van der Waals surface area contributed by atoms with Crippen LogP contribution in [-0.2, 0) is 9.47 Å². The maximum absolute atomic E-state index is 12.4. The fraction of sp³-hybridized carbons (Fsp3) is 0.100. The number of esters is 2. The highest BCUT2D eigenvalue weighted by molar-refractivity contribution is 7.17. The van der Waals surface area contributed by atoms with E-state index in [1.54, 1.807) is 0 Å². The van der Waals surface area contributed by atoms with Crippen molar-refractivity contribution in [1.82, 2.24) is 0 Å². The SMILES string of the molecule is COC(=O)c1sc(C(=O)OC)c(-c2ccccc2)c1-c1ccccc1. The van der Waals surface area contributed by atoms with Gasteiger partial charge in [-0.15, -0.1) is 11.3 Å². The molecule has 2 aromatic carbocycles. The van der Waals surface area contributed by atoms with Crippen molar-refractivity contribution >= 4 is 23.3 Å². The molecule has 0 aliphatic carbocycles. The number of carbonyl (C=O) groups excluding carboxylic acids is 2. The topological polar surface area (TPSA) is 52.6 Å². The van der Waals surface area contributed by atoms with Crippen LogP contribution in [0.25, 0.3) is 22.3 Å². The molecule has 0 N–H and O–H groups in total. The Labute approximate surface area is 149 Å². The second-order valence-corrected chi connectivity index (χ2v) is 6.25. The van der Waals surface area contributed by atoms with Gasteiger partial charge in [-0.1, -0.05) is 60.7 Å². The van der Waals surface area contributed by atoms with Crippen LogP contribution in [-0.4, -0.2) is 26.2 Å². The lowest BCUT2D eigenvalue weighted by Crippen LogP contribution is -2.00. The third-order valence-electron chi connectivity index (χ3n) is 3.77. The van der Waals surface area contributed by atoms with Gasteiger partial charge in [-0.3, -0.25) is 0 Å². The molecule has 0 saturated carbocycles. The molecule has 3 rings (SSSR count). The molecule has 0 spiro atoms. The molecule has 0 saturated heterocycles. The molecule has 0 atom stereocenters. The first-order valence-electron chi connectivity index (χ1n) is 7.61. The lowest BCUT2D eigenvalue weighted by atomic mass is 9.94. The number of rotatable bonds is 4. The molecule has 0 fully saturated rings. The van der Waals surface area contributed by atoms with Gasteiger partial charge in [0.25, 0.3) is 0 Å². The highest BCUT2D eigenvalue weighted by Crippen LogP contribution is 2.43. The number of ether oxygens (including phenoxy) is 2. The molecule has 126 valence electrons. The minimum absolute atomic E-state index is 0.382. The number of thiophene rings is 1. The van der Waals surface area contributed by atoms with Gasteiger partial charge in [0.1, 0.15) is 9.75 Å². The number of benzene rings is 2. The Hall–Kier alpha value is -2.92. The molecule has 4 nitrogen and oxygen atoms in total. The zero-order valence-electron chi connectivity index (χ0n) is 13.8. The first kappa shape index (κ1) is 16.9. The molecular weight excluding hydrogens is 336 g/mol. The Morgan fingerprint density at radius 1 is 0.680 bits per heavy atom. The standard InChI is InChI=1S/C20H16O4S/c1-23-19(21)17-15(13-9-5-3-6-10-13)16(14-11-7-4-8-12-14)18(25-17)20(22)24-2/h3-12H,1-2H3. The summed E-state index contributed by atoms with van der Waals surface area (Å²) in [5.74, 6) is -0.952. The zero-order chi connectivity index (χ0) is 17.8. The Kier molecular flexibility index (Phi) is 4.95. The van der Waals surface area contributed by atoms with Gasteiger partial charge in [0, 0.05) is 11.1 Å². The third-order valence-corrected chi connectivity index (χ3v) is 4.92. The van der Waals surface area contributed by atoms with Crippen LogP contribution in [0, 0.1) is 0 Å². The Bertz CT molecular complexity index is 824. The van der Waals surface area contributed by atoms with Gasteiger partial charge in [-0.05, 0) is 11.1 Å². The lowest BCUT2D eigenvalue weighted by Gasteiger charge is -2.09. The molecule has 0 unspecified atom stereocenters. The number of hydrogen-bond donors (Lipinski definition) is 0. The fourth-order valence-electron chi connectivity index (χ4n) is 2.66. The van der Waals surface area contributed by atoms with Crippen molar-refractivity contribution < 1.29 is 19.1 Å². The van der Waals surface area contributed by atoms with E-state index in [0.29, 0.717) is 20.9 Å². The summed E-state index contributed by atoms with van der Waals surface area (Å²) >= 11 is 1.09. The van der Waals surface area contributed by atoms with Crippen molar-refractivity contribution in [2.24, 2.45) is 0 Å². The van der Waals surface area contributed by atoms with E-state index in [0.717, 1.165) is 22.5 Å². The van der Waals surface area contributed by atoms with Crippen molar-refractivity contribution in [3.05, 3.63) is 70.4 Å². The monoisotopic (exact) mass is 352 g/mol.